The third-order valence-electron chi connectivity index (χ3n) is 6.71. The van der Waals surface area contributed by atoms with Gasteiger partial charge >= 0.3 is 6.03 Å². The lowest BCUT2D eigenvalue weighted by atomic mass is 10.0. The lowest BCUT2D eigenvalue weighted by molar-refractivity contribution is 0.240. The third-order valence-corrected chi connectivity index (χ3v) is 6.71. The summed E-state index contributed by atoms with van der Waals surface area (Å²) >= 11 is 0. The van der Waals surface area contributed by atoms with Crippen molar-refractivity contribution >= 4 is 6.03 Å². The summed E-state index contributed by atoms with van der Waals surface area (Å²) in [6.07, 6.45) is 27.6. The summed E-state index contributed by atoms with van der Waals surface area (Å²) in [5, 5.41) is 15.0. The highest BCUT2D eigenvalue weighted by Crippen LogP contribution is 2.15. The first-order valence-electron chi connectivity index (χ1n) is 14.5. The number of urea groups is 1. The van der Waals surface area contributed by atoms with Crippen LogP contribution >= 0.6 is 0 Å². The summed E-state index contributed by atoms with van der Waals surface area (Å²) in [6, 6.07) is 6.77. The molecule has 0 aromatic heterocycles. The Morgan fingerprint density at radius 1 is 0.588 bits per heavy atom. The van der Waals surface area contributed by atoms with E-state index in [-0.39, 0.29) is 11.8 Å². The Balaban J connectivity index is 1.72. The first-order chi connectivity index (χ1) is 16.7. The molecule has 0 aliphatic carbocycles. The fraction of sp³-hybridized carbons (Fsp3) is 0.767. The Hall–Kier alpha value is -1.71. The van der Waals surface area contributed by atoms with E-state index in [2.05, 4.69) is 17.6 Å². The van der Waals surface area contributed by atoms with Crippen molar-refractivity contribution in [3.05, 3.63) is 29.8 Å². The van der Waals surface area contributed by atoms with Crippen LogP contribution < -0.4 is 10.6 Å². The van der Waals surface area contributed by atoms with Crippen molar-refractivity contribution in [2.24, 2.45) is 0 Å². The number of carbonyl (C=O) groups excluding carboxylic acids is 1. The predicted octanol–water partition coefficient (Wildman–Crippen LogP) is 9.01. The predicted molar refractivity (Wildman–Crippen MR) is 146 cm³/mol. The zero-order valence-corrected chi connectivity index (χ0v) is 22.2. The number of hydrogen-bond acceptors (Lipinski definition) is 2. The Kier molecular flexibility index (Phi) is 20.6. The summed E-state index contributed by atoms with van der Waals surface area (Å²) in [5.74, 6) is 0.243. The van der Waals surface area contributed by atoms with Gasteiger partial charge < -0.3 is 15.7 Å². The molecule has 4 nitrogen and oxygen atoms in total. The van der Waals surface area contributed by atoms with Crippen molar-refractivity contribution in [2.75, 3.05) is 6.54 Å². The second-order valence-corrected chi connectivity index (χ2v) is 9.99. The van der Waals surface area contributed by atoms with E-state index < -0.39 is 0 Å². The molecule has 3 N–H and O–H groups in total. The van der Waals surface area contributed by atoms with Crippen LogP contribution in [0.5, 0.6) is 5.75 Å². The van der Waals surface area contributed by atoms with Crippen molar-refractivity contribution in [3.8, 4) is 5.75 Å². The van der Waals surface area contributed by atoms with Gasteiger partial charge in [-0.05, 0) is 24.1 Å². The summed E-state index contributed by atoms with van der Waals surface area (Å²) in [7, 11) is 0. The fourth-order valence-corrected chi connectivity index (χ4v) is 4.44. The molecular formula is C30H54N2O2. The van der Waals surface area contributed by atoms with Gasteiger partial charge in [-0.15, -0.1) is 0 Å². The van der Waals surface area contributed by atoms with Crippen molar-refractivity contribution in [1.82, 2.24) is 10.6 Å². The van der Waals surface area contributed by atoms with E-state index in [9.17, 15) is 9.90 Å². The Morgan fingerprint density at radius 2 is 0.971 bits per heavy atom. The van der Waals surface area contributed by atoms with Gasteiger partial charge in [0.15, 0.2) is 0 Å². The Bertz CT molecular complexity index is 574. The van der Waals surface area contributed by atoms with Gasteiger partial charge in [-0.2, -0.15) is 0 Å². The van der Waals surface area contributed by atoms with Crippen LogP contribution in [0.3, 0.4) is 0 Å². The average molecular weight is 475 g/mol. The van der Waals surface area contributed by atoms with E-state index in [1.165, 1.54) is 122 Å². The van der Waals surface area contributed by atoms with Gasteiger partial charge in [-0.25, -0.2) is 4.79 Å². The molecule has 4 heteroatoms. The number of unbranched alkanes of at least 4 members (excludes halogenated alkanes) is 19. The molecule has 0 spiro atoms. The monoisotopic (exact) mass is 474 g/mol. The zero-order chi connectivity index (χ0) is 24.5. The van der Waals surface area contributed by atoms with Gasteiger partial charge in [0.05, 0.1) is 0 Å². The van der Waals surface area contributed by atoms with E-state index in [1.807, 2.05) is 12.1 Å². The maximum Gasteiger partial charge on any atom is 0.315 e. The van der Waals surface area contributed by atoms with Crippen LogP contribution in [0.25, 0.3) is 0 Å². The van der Waals surface area contributed by atoms with Crippen LogP contribution in [-0.4, -0.2) is 17.7 Å². The molecule has 1 aromatic rings. The molecule has 0 atom stereocenters. The van der Waals surface area contributed by atoms with E-state index in [4.69, 9.17) is 0 Å². The maximum absolute atomic E-state index is 11.8. The third kappa shape index (κ3) is 19.7. The first kappa shape index (κ1) is 30.3. The van der Waals surface area contributed by atoms with E-state index in [0.29, 0.717) is 6.54 Å². The molecule has 0 aliphatic heterocycles. The quantitative estimate of drug-likeness (QED) is 0.139. The molecule has 1 aromatic carbocycles. The molecule has 0 bridgehead atoms. The lowest BCUT2D eigenvalue weighted by Gasteiger charge is -2.08. The van der Waals surface area contributed by atoms with Gasteiger partial charge in [-0.3, -0.25) is 0 Å². The molecule has 0 saturated heterocycles. The molecule has 0 saturated carbocycles. The summed E-state index contributed by atoms with van der Waals surface area (Å²) in [5.41, 5.74) is 0.978. The highest BCUT2D eigenvalue weighted by Gasteiger charge is 2.00. The minimum atomic E-state index is -0.120. The highest BCUT2D eigenvalue weighted by molar-refractivity contribution is 5.73. The zero-order valence-electron chi connectivity index (χ0n) is 22.2. The standard InChI is InChI=1S/C30H54N2O2/c1-2-3-4-5-6-7-8-9-10-11-12-13-14-15-16-17-18-19-20-21-26-31-30(34)32-27-28-22-24-29(33)25-23-28/h22-25,33H,2-21,26-27H2,1H3,(H2,31,32,34). The van der Waals surface area contributed by atoms with Crippen LogP contribution in [-0.2, 0) is 6.54 Å². The number of rotatable bonds is 23. The van der Waals surface area contributed by atoms with Crippen molar-refractivity contribution < 1.29 is 9.90 Å². The average Bonchev–Trinajstić information content (AvgIpc) is 2.84. The van der Waals surface area contributed by atoms with Crippen molar-refractivity contribution in [1.29, 1.82) is 0 Å². The van der Waals surface area contributed by atoms with Crippen LogP contribution in [0.1, 0.15) is 141 Å². The molecule has 0 fully saturated rings. The number of hydrogen-bond donors (Lipinski definition) is 3. The molecule has 34 heavy (non-hydrogen) atoms. The van der Waals surface area contributed by atoms with Gasteiger partial charge in [0, 0.05) is 13.1 Å². The number of phenols is 1. The van der Waals surface area contributed by atoms with E-state index in [0.717, 1.165) is 18.5 Å². The SMILES string of the molecule is CCCCCCCCCCCCCCCCCCCCCCNC(=O)NCc1ccc(O)cc1. The number of aromatic hydroxyl groups is 1. The lowest BCUT2D eigenvalue weighted by Crippen LogP contribution is -2.35. The van der Waals surface area contributed by atoms with Crippen LogP contribution in [0.4, 0.5) is 4.79 Å². The molecular weight excluding hydrogens is 420 g/mol. The van der Waals surface area contributed by atoms with E-state index >= 15 is 0 Å². The number of benzene rings is 1. The maximum atomic E-state index is 11.8. The first-order valence-corrected chi connectivity index (χ1v) is 14.5. The van der Waals surface area contributed by atoms with Gasteiger partial charge in [0.25, 0.3) is 0 Å². The Labute approximate surface area is 210 Å². The highest BCUT2D eigenvalue weighted by atomic mass is 16.3. The van der Waals surface area contributed by atoms with Crippen LogP contribution in [0, 0.1) is 0 Å². The summed E-state index contributed by atoms with van der Waals surface area (Å²) in [6.45, 7) is 3.50. The minimum Gasteiger partial charge on any atom is -0.508 e. The topological polar surface area (TPSA) is 61.4 Å². The number of nitrogens with one attached hydrogen (secondary N) is 2. The second kappa shape index (κ2) is 23.1. The molecule has 2 amide bonds. The van der Waals surface area contributed by atoms with Gasteiger partial charge in [-0.1, -0.05) is 141 Å². The molecule has 0 radical (unpaired) electrons. The Morgan fingerprint density at radius 3 is 1.38 bits per heavy atom. The van der Waals surface area contributed by atoms with Gasteiger partial charge in [0.2, 0.25) is 0 Å². The largest absolute Gasteiger partial charge is 0.508 e. The van der Waals surface area contributed by atoms with Crippen LogP contribution in [0.15, 0.2) is 24.3 Å². The van der Waals surface area contributed by atoms with Gasteiger partial charge in [0.1, 0.15) is 5.75 Å². The smallest absolute Gasteiger partial charge is 0.315 e. The summed E-state index contributed by atoms with van der Waals surface area (Å²) < 4.78 is 0. The molecule has 0 aliphatic rings. The number of carbonyl (C=O) groups is 1. The van der Waals surface area contributed by atoms with Crippen molar-refractivity contribution in [2.45, 2.75) is 142 Å². The molecule has 1 rings (SSSR count). The van der Waals surface area contributed by atoms with Crippen molar-refractivity contribution in [3.63, 3.8) is 0 Å². The molecule has 0 heterocycles. The fourth-order valence-electron chi connectivity index (χ4n) is 4.44. The van der Waals surface area contributed by atoms with Crippen LogP contribution in [0.2, 0.25) is 0 Å². The normalized spacial score (nSPS) is 11.0. The summed E-state index contributed by atoms with van der Waals surface area (Å²) in [4.78, 5) is 11.8. The van der Waals surface area contributed by atoms with E-state index in [1.54, 1.807) is 12.1 Å². The number of phenolic OH excluding ortho intramolecular Hbond substituents is 1. The number of amides is 2. The minimum absolute atomic E-state index is 0.120. The second-order valence-electron chi connectivity index (χ2n) is 9.99. The molecule has 196 valence electrons. The molecule has 0 unspecified atom stereocenters.